The van der Waals surface area contributed by atoms with Crippen molar-refractivity contribution in [1.82, 2.24) is 4.98 Å². The number of pyridine rings is 1. The summed E-state index contributed by atoms with van der Waals surface area (Å²) in [5.74, 6) is 0.228. The summed E-state index contributed by atoms with van der Waals surface area (Å²) in [5.41, 5.74) is 1.89. The van der Waals surface area contributed by atoms with E-state index < -0.39 is 0 Å². The molecule has 0 atom stereocenters. The Bertz CT molecular complexity index is 566. The third kappa shape index (κ3) is 2.59. The maximum absolute atomic E-state index is 11.3. The highest BCUT2D eigenvalue weighted by molar-refractivity contribution is 5.87. The molecule has 0 amide bonds. The normalized spacial score (nSPS) is 10.3. The molecular weight excluding hydrogens is 230 g/mol. The molecule has 1 aromatic heterocycles. The SMILES string of the molecule is CCOC(=O)COc1ccc(C)c2cccnc12. The van der Waals surface area contributed by atoms with E-state index in [9.17, 15) is 4.79 Å². The van der Waals surface area contributed by atoms with Gasteiger partial charge < -0.3 is 9.47 Å². The molecule has 18 heavy (non-hydrogen) atoms. The Kier molecular flexibility index (Phi) is 3.77. The number of benzene rings is 1. The number of hydrogen-bond donors (Lipinski definition) is 0. The topological polar surface area (TPSA) is 48.4 Å². The van der Waals surface area contributed by atoms with E-state index in [0.29, 0.717) is 12.4 Å². The van der Waals surface area contributed by atoms with Gasteiger partial charge in [-0.3, -0.25) is 4.98 Å². The summed E-state index contributed by atoms with van der Waals surface area (Å²) >= 11 is 0. The lowest BCUT2D eigenvalue weighted by atomic mass is 10.1. The predicted molar refractivity (Wildman–Crippen MR) is 68.6 cm³/mol. The molecule has 0 aliphatic rings. The smallest absolute Gasteiger partial charge is 0.344 e. The number of ether oxygens (including phenoxy) is 2. The van der Waals surface area contributed by atoms with Gasteiger partial charge in [0.2, 0.25) is 0 Å². The van der Waals surface area contributed by atoms with Crippen LogP contribution in [0, 0.1) is 6.92 Å². The van der Waals surface area contributed by atoms with Gasteiger partial charge in [-0.1, -0.05) is 12.1 Å². The van der Waals surface area contributed by atoms with Crippen LogP contribution in [0.5, 0.6) is 5.75 Å². The molecule has 2 rings (SSSR count). The van der Waals surface area contributed by atoms with Crippen LogP contribution >= 0.6 is 0 Å². The summed E-state index contributed by atoms with van der Waals surface area (Å²) in [4.78, 5) is 15.5. The third-order valence-corrected chi connectivity index (χ3v) is 2.60. The van der Waals surface area contributed by atoms with Crippen LogP contribution in [0.15, 0.2) is 30.5 Å². The average molecular weight is 245 g/mol. The molecule has 0 saturated heterocycles. The van der Waals surface area contributed by atoms with Gasteiger partial charge in [0.25, 0.3) is 0 Å². The van der Waals surface area contributed by atoms with E-state index in [4.69, 9.17) is 9.47 Å². The zero-order valence-electron chi connectivity index (χ0n) is 10.5. The lowest BCUT2D eigenvalue weighted by Gasteiger charge is -2.09. The molecular formula is C14H15NO3. The zero-order chi connectivity index (χ0) is 13.0. The number of esters is 1. The van der Waals surface area contributed by atoms with Crippen LogP contribution in [0.1, 0.15) is 12.5 Å². The standard InChI is InChI=1S/C14H15NO3/c1-3-17-13(16)9-18-12-7-6-10(2)11-5-4-8-15-14(11)12/h4-8H,3,9H2,1-2H3. The average Bonchev–Trinajstić information content (AvgIpc) is 2.39. The maximum Gasteiger partial charge on any atom is 0.344 e. The summed E-state index contributed by atoms with van der Waals surface area (Å²) in [6.45, 7) is 4.04. The van der Waals surface area contributed by atoms with Crippen molar-refractivity contribution in [2.24, 2.45) is 0 Å². The molecule has 4 heteroatoms. The molecule has 0 radical (unpaired) electrons. The van der Waals surface area contributed by atoms with Crippen molar-refractivity contribution in [2.75, 3.05) is 13.2 Å². The van der Waals surface area contributed by atoms with Gasteiger partial charge in [-0.2, -0.15) is 0 Å². The minimum atomic E-state index is -0.373. The Balaban J connectivity index is 2.24. The van der Waals surface area contributed by atoms with Crippen LogP contribution in [-0.4, -0.2) is 24.2 Å². The highest BCUT2D eigenvalue weighted by atomic mass is 16.6. The van der Waals surface area contributed by atoms with Crippen LogP contribution in [0.2, 0.25) is 0 Å². The molecule has 2 aromatic rings. The van der Waals surface area contributed by atoms with Crippen LogP contribution in [-0.2, 0) is 9.53 Å². The minimum Gasteiger partial charge on any atom is -0.480 e. The molecule has 0 bridgehead atoms. The van der Waals surface area contributed by atoms with Crippen LogP contribution in [0.25, 0.3) is 10.9 Å². The van der Waals surface area contributed by atoms with E-state index in [2.05, 4.69) is 4.98 Å². The number of carbonyl (C=O) groups excluding carboxylic acids is 1. The van der Waals surface area contributed by atoms with E-state index in [1.807, 2.05) is 31.2 Å². The van der Waals surface area contributed by atoms with Crippen molar-refractivity contribution in [3.05, 3.63) is 36.0 Å². The van der Waals surface area contributed by atoms with Gasteiger partial charge in [-0.05, 0) is 31.5 Å². The summed E-state index contributed by atoms with van der Waals surface area (Å²) in [6, 6.07) is 7.63. The second-order valence-electron chi connectivity index (χ2n) is 3.87. The van der Waals surface area contributed by atoms with Crippen molar-refractivity contribution < 1.29 is 14.3 Å². The molecule has 0 aliphatic heterocycles. The van der Waals surface area contributed by atoms with Gasteiger partial charge in [0, 0.05) is 11.6 Å². The highest BCUT2D eigenvalue weighted by Gasteiger charge is 2.08. The van der Waals surface area contributed by atoms with E-state index in [1.54, 1.807) is 13.1 Å². The molecule has 0 spiro atoms. The fourth-order valence-corrected chi connectivity index (χ4v) is 1.75. The Hall–Kier alpha value is -2.10. The largest absolute Gasteiger partial charge is 0.480 e. The molecule has 0 N–H and O–H groups in total. The molecule has 4 nitrogen and oxygen atoms in total. The molecule has 94 valence electrons. The minimum absolute atomic E-state index is 0.0947. The summed E-state index contributed by atoms with van der Waals surface area (Å²) in [6.07, 6.45) is 1.71. The monoisotopic (exact) mass is 245 g/mol. The van der Waals surface area contributed by atoms with E-state index in [1.165, 1.54) is 0 Å². The van der Waals surface area contributed by atoms with Gasteiger partial charge in [-0.15, -0.1) is 0 Å². The van der Waals surface area contributed by atoms with Crippen LogP contribution < -0.4 is 4.74 Å². The van der Waals surface area contributed by atoms with Crippen LogP contribution in [0.4, 0.5) is 0 Å². The van der Waals surface area contributed by atoms with Crippen molar-refractivity contribution >= 4 is 16.9 Å². The molecule has 0 unspecified atom stereocenters. The van der Waals surface area contributed by atoms with E-state index in [-0.39, 0.29) is 12.6 Å². The molecule has 0 fully saturated rings. The first-order valence-electron chi connectivity index (χ1n) is 5.85. The van der Waals surface area contributed by atoms with Gasteiger partial charge in [0.1, 0.15) is 11.3 Å². The lowest BCUT2D eigenvalue weighted by molar-refractivity contribution is -0.145. The van der Waals surface area contributed by atoms with Crippen LogP contribution in [0.3, 0.4) is 0 Å². The van der Waals surface area contributed by atoms with Gasteiger partial charge in [-0.25, -0.2) is 4.79 Å². The van der Waals surface area contributed by atoms with Crippen molar-refractivity contribution in [2.45, 2.75) is 13.8 Å². The van der Waals surface area contributed by atoms with Crippen molar-refractivity contribution in [3.8, 4) is 5.75 Å². The number of aryl methyl sites for hydroxylation is 1. The number of carbonyl (C=O) groups is 1. The van der Waals surface area contributed by atoms with Gasteiger partial charge in [0.05, 0.1) is 6.61 Å². The fraction of sp³-hybridized carbons (Fsp3) is 0.286. The molecule has 1 heterocycles. The number of fused-ring (bicyclic) bond motifs is 1. The summed E-state index contributed by atoms with van der Waals surface area (Å²) < 4.78 is 10.3. The number of aromatic nitrogens is 1. The highest BCUT2D eigenvalue weighted by Crippen LogP contribution is 2.25. The van der Waals surface area contributed by atoms with Gasteiger partial charge >= 0.3 is 5.97 Å². The first kappa shape index (κ1) is 12.4. The third-order valence-electron chi connectivity index (χ3n) is 2.60. The molecule has 1 aromatic carbocycles. The zero-order valence-corrected chi connectivity index (χ0v) is 10.5. The first-order chi connectivity index (χ1) is 8.72. The summed E-state index contributed by atoms with van der Waals surface area (Å²) in [7, 11) is 0. The fourth-order valence-electron chi connectivity index (χ4n) is 1.75. The molecule has 0 aliphatic carbocycles. The predicted octanol–water partition coefficient (Wildman–Crippen LogP) is 2.49. The quantitative estimate of drug-likeness (QED) is 0.776. The number of rotatable bonds is 4. The first-order valence-corrected chi connectivity index (χ1v) is 5.85. The Morgan fingerprint density at radius 2 is 2.17 bits per heavy atom. The molecule has 0 saturated carbocycles. The number of hydrogen-bond acceptors (Lipinski definition) is 4. The maximum atomic E-state index is 11.3. The number of nitrogens with zero attached hydrogens (tertiary/aromatic N) is 1. The second kappa shape index (κ2) is 5.49. The Morgan fingerprint density at radius 1 is 1.33 bits per heavy atom. The van der Waals surface area contributed by atoms with Gasteiger partial charge in [0.15, 0.2) is 6.61 Å². The van der Waals surface area contributed by atoms with E-state index in [0.717, 1.165) is 16.5 Å². The van der Waals surface area contributed by atoms with E-state index >= 15 is 0 Å². The second-order valence-corrected chi connectivity index (χ2v) is 3.87. The Labute approximate surface area is 106 Å². The van der Waals surface area contributed by atoms with Crippen molar-refractivity contribution in [3.63, 3.8) is 0 Å². The lowest BCUT2D eigenvalue weighted by Crippen LogP contribution is -2.14. The Morgan fingerprint density at radius 3 is 2.94 bits per heavy atom. The van der Waals surface area contributed by atoms with Crippen molar-refractivity contribution in [1.29, 1.82) is 0 Å². The summed E-state index contributed by atoms with van der Waals surface area (Å²) in [5, 5.41) is 1.03.